The lowest BCUT2D eigenvalue weighted by Gasteiger charge is -2.46. The SMILES string of the molecule is C=CCOC(=O)N1C[C@@H](SC2=C(C(=O)O)N3C(=O)[C@H]([C@@H](C)O)[C@H]3[C@H]2C)C[C@H]1/C=C(\C)CNS(=O)(=O)N(C)C. The second-order valence-corrected chi connectivity index (χ2v) is 13.3. The molecule has 0 aromatic carbocycles. The number of hydrogen-bond acceptors (Lipinski definition) is 8. The minimum atomic E-state index is -3.63. The highest BCUT2D eigenvalue weighted by Gasteiger charge is 2.60. The van der Waals surface area contributed by atoms with Crippen LogP contribution >= 0.6 is 11.8 Å². The molecule has 0 spiro atoms. The number of thioether (sulfide) groups is 1. The van der Waals surface area contributed by atoms with Crippen molar-refractivity contribution in [2.75, 3.05) is 33.8 Å². The van der Waals surface area contributed by atoms with Crippen LogP contribution in [0.1, 0.15) is 27.2 Å². The summed E-state index contributed by atoms with van der Waals surface area (Å²) in [7, 11) is -0.789. The van der Waals surface area contributed by atoms with Crippen LogP contribution in [0, 0.1) is 11.8 Å². The van der Waals surface area contributed by atoms with Crippen molar-refractivity contribution in [3.8, 4) is 0 Å². The van der Waals surface area contributed by atoms with E-state index >= 15 is 0 Å². The van der Waals surface area contributed by atoms with Crippen LogP contribution < -0.4 is 4.72 Å². The summed E-state index contributed by atoms with van der Waals surface area (Å²) in [6.45, 7) is 9.02. The number of aliphatic hydroxyl groups excluding tert-OH is 1. The molecule has 3 aliphatic heterocycles. The van der Waals surface area contributed by atoms with Gasteiger partial charge in [0, 0.05) is 43.3 Å². The molecular formula is C24H36N4O8S2. The van der Waals surface area contributed by atoms with Gasteiger partial charge in [0.15, 0.2) is 0 Å². The average molecular weight is 573 g/mol. The number of nitrogens with zero attached hydrogens (tertiary/aromatic N) is 3. The molecule has 0 aromatic rings. The Hall–Kier alpha value is -2.39. The summed E-state index contributed by atoms with van der Waals surface area (Å²) in [6, 6.07) is -0.836. The summed E-state index contributed by atoms with van der Waals surface area (Å²) in [5, 5.41) is 19.8. The predicted molar refractivity (Wildman–Crippen MR) is 142 cm³/mol. The van der Waals surface area contributed by atoms with E-state index in [1.807, 2.05) is 6.92 Å². The maximum atomic E-state index is 12.8. The lowest BCUT2D eigenvalue weighted by molar-refractivity contribution is -0.163. The zero-order valence-electron chi connectivity index (χ0n) is 22.2. The van der Waals surface area contributed by atoms with Gasteiger partial charge in [-0.3, -0.25) is 4.79 Å². The first-order valence-corrected chi connectivity index (χ1v) is 14.6. The molecule has 6 atom stereocenters. The maximum absolute atomic E-state index is 12.8. The van der Waals surface area contributed by atoms with Gasteiger partial charge in [-0.25, -0.2) is 9.59 Å². The first-order chi connectivity index (χ1) is 17.7. The van der Waals surface area contributed by atoms with E-state index in [0.717, 1.165) is 4.31 Å². The second kappa shape index (κ2) is 11.8. The largest absolute Gasteiger partial charge is 0.477 e. The Labute approximate surface area is 227 Å². The highest BCUT2D eigenvalue weighted by molar-refractivity contribution is 8.03. The van der Waals surface area contributed by atoms with Crippen molar-refractivity contribution < 1.29 is 37.8 Å². The fourth-order valence-electron chi connectivity index (χ4n) is 5.07. The summed E-state index contributed by atoms with van der Waals surface area (Å²) in [6.07, 6.45) is 2.27. The van der Waals surface area contributed by atoms with Gasteiger partial charge in [0.25, 0.3) is 10.2 Å². The molecule has 0 unspecified atom stereocenters. The second-order valence-electron chi connectivity index (χ2n) is 9.95. The van der Waals surface area contributed by atoms with Crippen molar-refractivity contribution in [3.63, 3.8) is 0 Å². The molecular weight excluding hydrogens is 536 g/mol. The van der Waals surface area contributed by atoms with Crippen LogP contribution in [0.4, 0.5) is 4.79 Å². The molecule has 0 aromatic heterocycles. The monoisotopic (exact) mass is 572 g/mol. The Bertz CT molecular complexity index is 1150. The van der Waals surface area contributed by atoms with Gasteiger partial charge in [0.05, 0.1) is 24.1 Å². The number of amides is 2. The molecule has 14 heteroatoms. The molecule has 12 nitrogen and oxygen atoms in total. The van der Waals surface area contributed by atoms with Gasteiger partial charge in [-0.15, -0.1) is 11.8 Å². The number of carboxylic acid groups (broad SMARTS) is 1. The Balaban J connectivity index is 1.82. The summed E-state index contributed by atoms with van der Waals surface area (Å²) in [4.78, 5) is 41.0. The molecule has 0 saturated carbocycles. The summed E-state index contributed by atoms with van der Waals surface area (Å²) in [5.41, 5.74) is 0.630. The average Bonchev–Trinajstić information content (AvgIpc) is 3.32. The van der Waals surface area contributed by atoms with Crippen LogP contribution in [0.5, 0.6) is 0 Å². The Morgan fingerprint density at radius 1 is 1.37 bits per heavy atom. The topological polar surface area (TPSA) is 157 Å². The third-order valence-corrected chi connectivity index (χ3v) is 9.92. The number of aliphatic carboxylic acids is 1. The Morgan fingerprint density at radius 3 is 2.58 bits per heavy atom. The molecule has 0 aliphatic carbocycles. The molecule has 3 aliphatic rings. The molecule has 3 heterocycles. The quantitative estimate of drug-likeness (QED) is 0.243. The summed E-state index contributed by atoms with van der Waals surface area (Å²) < 4.78 is 32.9. The lowest BCUT2D eigenvalue weighted by atomic mass is 9.79. The van der Waals surface area contributed by atoms with E-state index in [-0.39, 0.29) is 36.6 Å². The van der Waals surface area contributed by atoms with Gasteiger partial charge in [-0.2, -0.15) is 17.4 Å². The molecule has 0 bridgehead atoms. The normalized spacial score (nSPS) is 28.4. The van der Waals surface area contributed by atoms with Crippen LogP contribution in [0.25, 0.3) is 0 Å². The van der Waals surface area contributed by atoms with Gasteiger partial charge < -0.3 is 24.7 Å². The fourth-order valence-corrected chi connectivity index (χ4v) is 7.28. The van der Waals surface area contributed by atoms with Gasteiger partial charge in [0.1, 0.15) is 12.3 Å². The molecule has 2 amide bonds. The minimum absolute atomic E-state index is 0.0238. The minimum Gasteiger partial charge on any atom is -0.477 e. The lowest BCUT2D eigenvalue weighted by Crippen LogP contribution is -2.63. The van der Waals surface area contributed by atoms with Crippen molar-refractivity contribution in [2.45, 2.75) is 50.6 Å². The van der Waals surface area contributed by atoms with Crippen molar-refractivity contribution in [1.29, 1.82) is 0 Å². The van der Waals surface area contributed by atoms with E-state index in [0.29, 0.717) is 16.9 Å². The van der Waals surface area contributed by atoms with E-state index < -0.39 is 52.3 Å². The number of fused-ring (bicyclic) bond motifs is 1. The number of aliphatic hydroxyl groups is 1. The van der Waals surface area contributed by atoms with E-state index in [1.165, 1.54) is 48.7 Å². The predicted octanol–water partition coefficient (Wildman–Crippen LogP) is 0.981. The Kier molecular flexibility index (Phi) is 9.35. The third-order valence-electron chi connectivity index (χ3n) is 6.96. The molecule has 38 heavy (non-hydrogen) atoms. The van der Waals surface area contributed by atoms with Crippen LogP contribution in [0.2, 0.25) is 0 Å². The number of nitrogens with one attached hydrogen (secondary N) is 1. The van der Waals surface area contributed by atoms with Crippen molar-refractivity contribution >= 4 is 39.9 Å². The highest BCUT2D eigenvalue weighted by Crippen LogP contribution is 2.52. The standard InChI is InChI=1S/C24H36N4O8S2/c1-7-8-36-24(33)27-12-17(10-16(27)9-13(2)11-25-38(34,35)26(5)6)37-21-14(3)19-18(15(4)29)22(30)28(19)20(21)23(31)32/h7,9,14-19,25,29H,1,8,10-12H2,2-6H3,(H,31,32)/b13-9+/t14-,15-,16-,17+,18-,19-/m1/s1. The number of carbonyl (C=O) groups is 3. The molecule has 3 rings (SSSR count). The van der Waals surface area contributed by atoms with Crippen LogP contribution in [0.3, 0.4) is 0 Å². The van der Waals surface area contributed by atoms with E-state index in [1.54, 1.807) is 13.0 Å². The van der Waals surface area contributed by atoms with Crippen LogP contribution in [-0.4, -0.2) is 108 Å². The first kappa shape index (κ1) is 30.2. The third kappa shape index (κ3) is 5.93. The number of hydrogen-bond donors (Lipinski definition) is 3. The maximum Gasteiger partial charge on any atom is 0.410 e. The summed E-state index contributed by atoms with van der Waals surface area (Å²) in [5.74, 6) is -2.56. The van der Waals surface area contributed by atoms with Crippen molar-refractivity contribution in [1.82, 2.24) is 18.8 Å². The number of carboxylic acids is 1. The van der Waals surface area contributed by atoms with Crippen molar-refractivity contribution in [2.24, 2.45) is 11.8 Å². The number of likely N-dealkylation sites (tertiary alicyclic amines) is 1. The van der Waals surface area contributed by atoms with E-state index in [4.69, 9.17) is 4.74 Å². The smallest absolute Gasteiger partial charge is 0.410 e. The zero-order valence-corrected chi connectivity index (χ0v) is 23.8. The van der Waals surface area contributed by atoms with Gasteiger partial charge >= 0.3 is 12.1 Å². The van der Waals surface area contributed by atoms with Crippen molar-refractivity contribution in [3.05, 3.63) is 34.9 Å². The molecule has 212 valence electrons. The Morgan fingerprint density at radius 2 is 2.03 bits per heavy atom. The highest BCUT2D eigenvalue weighted by atomic mass is 32.2. The fraction of sp³-hybridized carbons (Fsp3) is 0.625. The van der Waals surface area contributed by atoms with Gasteiger partial charge in [0.2, 0.25) is 5.91 Å². The number of ether oxygens (including phenoxy) is 1. The number of β-lactam (4-membered cyclic amide) rings is 1. The van der Waals surface area contributed by atoms with Gasteiger partial charge in [-0.1, -0.05) is 31.2 Å². The van der Waals surface area contributed by atoms with Crippen LogP contribution in [-0.2, 0) is 24.5 Å². The first-order valence-electron chi connectivity index (χ1n) is 12.2. The van der Waals surface area contributed by atoms with E-state index in [2.05, 4.69) is 11.3 Å². The molecule has 2 fully saturated rings. The molecule has 2 saturated heterocycles. The number of carbonyl (C=O) groups excluding carboxylic acids is 2. The zero-order chi connectivity index (χ0) is 28.5. The molecule has 0 radical (unpaired) electrons. The molecule has 3 N–H and O–H groups in total. The van der Waals surface area contributed by atoms with Gasteiger partial charge in [-0.05, 0) is 20.3 Å². The summed E-state index contributed by atoms with van der Waals surface area (Å²) >= 11 is 1.33. The van der Waals surface area contributed by atoms with E-state index in [9.17, 15) is 33.0 Å². The number of rotatable bonds is 11. The van der Waals surface area contributed by atoms with Crippen LogP contribution in [0.15, 0.2) is 34.9 Å².